The molecule has 5 nitrogen and oxygen atoms in total. The van der Waals surface area contributed by atoms with Crippen LogP contribution in [0.2, 0.25) is 5.15 Å². The Balaban J connectivity index is 2.43. The van der Waals surface area contributed by atoms with Crippen LogP contribution >= 0.6 is 11.6 Å². The quantitative estimate of drug-likeness (QED) is 0.389. The van der Waals surface area contributed by atoms with Gasteiger partial charge >= 0.3 is 0 Å². The molecule has 2 aromatic rings. The van der Waals surface area contributed by atoms with E-state index in [9.17, 15) is 5.11 Å². The van der Waals surface area contributed by atoms with Crippen molar-refractivity contribution in [1.82, 2.24) is 4.98 Å². The van der Waals surface area contributed by atoms with Crippen LogP contribution < -0.4 is 5.90 Å². The lowest BCUT2D eigenvalue weighted by molar-refractivity contribution is 0.322. The average molecular weight is 332 g/mol. The van der Waals surface area contributed by atoms with Gasteiger partial charge in [-0.25, -0.2) is 9.98 Å². The van der Waals surface area contributed by atoms with Gasteiger partial charge < -0.3 is 9.94 Å². The molecule has 0 aliphatic heterocycles. The summed E-state index contributed by atoms with van der Waals surface area (Å²) in [5, 5.41) is 10.2. The van der Waals surface area contributed by atoms with Crippen molar-refractivity contribution in [2.45, 2.75) is 20.8 Å². The molecule has 2 rings (SSSR count). The van der Waals surface area contributed by atoms with Gasteiger partial charge in [0.1, 0.15) is 10.9 Å². The van der Waals surface area contributed by atoms with E-state index < -0.39 is 0 Å². The predicted molar refractivity (Wildman–Crippen MR) is 92.4 cm³/mol. The summed E-state index contributed by atoms with van der Waals surface area (Å²) in [5.41, 5.74) is 4.05. The Hall–Kier alpha value is -2.37. The van der Waals surface area contributed by atoms with Crippen molar-refractivity contribution in [3.8, 4) is 5.75 Å². The van der Waals surface area contributed by atoms with Gasteiger partial charge in [0.2, 0.25) is 5.90 Å². The summed E-state index contributed by atoms with van der Waals surface area (Å²) >= 11 is 5.95. The summed E-state index contributed by atoms with van der Waals surface area (Å²) in [6, 6.07) is 6.97. The molecule has 6 heteroatoms. The number of nitrogens with zero attached hydrogens (tertiary/aromatic N) is 2. The van der Waals surface area contributed by atoms with Crippen LogP contribution in [0.25, 0.3) is 5.70 Å². The molecule has 1 heterocycles. The first kappa shape index (κ1) is 17.0. The Morgan fingerprint density at radius 3 is 2.30 bits per heavy atom. The summed E-state index contributed by atoms with van der Waals surface area (Å²) in [6.45, 7) is 9.38. The zero-order chi connectivity index (χ0) is 17.1. The maximum Gasteiger partial charge on any atom is 0.245 e. The first-order valence-electron chi connectivity index (χ1n) is 6.91. The van der Waals surface area contributed by atoms with Crippen molar-refractivity contribution < 1.29 is 9.94 Å². The number of aryl methyl sites for hydroxylation is 3. The number of rotatable bonds is 3. The fraction of sp³-hybridized carbons (Fsp3) is 0.176. The molecule has 120 valence electrons. The number of benzene rings is 1. The van der Waals surface area contributed by atoms with Crippen LogP contribution in [0.3, 0.4) is 0 Å². The molecule has 1 aromatic heterocycles. The molecule has 0 amide bonds. The highest BCUT2D eigenvalue weighted by molar-refractivity contribution is 6.29. The monoisotopic (exact) mass is 331 g/mol. The van der Waals surface area contributed by atoms with E-state index in [1.54, 1.807) is 24.3 Å². The molecule has 0 spiro atoms. The molecule has 0 atom stereocenters. The minimum Gasteiger partial charge on any atom is -0.507 e. The summed E-state index contributed by atoms with van der Waals surface area (Å²) in [4.78, 5) is 13.3. The van der Waals surface area contributed by atoms with Gasteiger partial charge in [-0.05, 0) is 56.2 Å². The molecule has 0 bridgehead atoms. The number of phenols is 1. The van der Waals surface area contributed by atoms with E-state index in [0.717, 1.165) is 22.4 Å². The molecule has 0 aliphatic rings. The van der Waals surface area contributed by atoms with Gasteiger partial charge in [-0.15, -0.1) is 0 Å². The van der Waals surface area contributed by atoms with Crippen molar-refractivity contribution in [3.05, 3.63) is 63.9 Å². The number of aromatic nitrogens is 1. The minimum atomic E-state index is 0.186. The van der Waals surface area contributed by atoms with Crippen molar-refractivity contribution in [3.63, 3.8) is 0 Å². The first-order chi connectivity index (χ1) is 10.8. The second-order valence-electron chi connectivity index (χ2n) is 5.26. The van der Waals surface area contributed by atoms with Crippen molar-refractivity contribution in [1.29, 1.82) is 0 Å². The standard InChI is InChI=1S/C17H18ClN3O2/c1-9-5-13(6-10(2)16(9)22)12(4)21-17(23-19)14-7-11(3)20-15(18)8-14/h5-8,22H,4,19H2,1-3H3/b21-17-. The van der Waals surface area contributed by atoms with E-state index in [0.29, 0.717) is 16.4 Å². The molecule has 23 heavy (non-hydrogen) atoms. The second-order valence-corrected chi connectivity index (χ2v) is 5.65. The Labute approximate surface area is 140 Å². The minimum absolute atomic E-state index is 0.186. The largest absolute Gasteiger partial charge is 0.507 e. The van der Waals surface area contributed by atoms with Gasteiger partial charge in [0.25, 0.3) is 0 Å². The highest BCUT2D eigenvalue weighted by Gasteiger charge is 2.11. The molecule has 0 saturated heterocycles. The number of nitrogens with two attached hydrogens (primary N) is 1. The van der Waals surface area contributed by atoms with Gasteiger partial charge in [0.15, 0.2) is 0 Å². The van der Waals surface area contributed by atoms with Gasteiger partial charge in [0, 0.05) is 16.8 Å². The molecule has 0 unspecified atom stereocenters. The third-order valence-electron chi connectivity index (χ3n) is 3.34. The summed E-state index contributed by atoms with van der Waals surface area (Å²) in [7, 11) is 0. The lowest BCUT2D eigenvalue weighted by Gasteiger charge is -2.10. The molecule has 3 N–H and O–H groups in total. The third-order valence-corrected chi connectivity index (χ3v) is 3.54. The SMILES string of the molecule is C=C(/N=C(\ON)c1cc(C)nc(Cl)c1)c1cc(C)c(O)c(C)c1. The Morgan fingerprint density at radius 1 is 1.17 bits per heavy atom. The van der Waals surface area contributed by atoms with E-state index >= 15 is 0 Å². The van der Waals surface area contributed by atoms with Crippen LogP contribution in [-0.2, 0) is 4.84 Å². The summed E-state index contributed by atoms with van der Waals surface area (Å²) < 4.78 is 0. The molecule has 1 aromatic carbocycles. The zero-order valence-corrected chi connectivity index (χ0v) is 14.0. The fourth-order valence-electron chi connectivity index (χ4n) is 2.22. The number of hydrogen-bond donors (Lipinski definition) is 2. The van der Waals surface area contributed by atoms with Crippen molar-refractivity contribution in [2.75, 3.05) is 0 Å². The number of aromatic hydroxyl groups is 1. The number of halogens is 1. The van der Waals surface area contributed by atoms with Gasteiger partial charge in [-0.1, -0.05) is 18.2 Å². The van der Waals surface area contributed by atoms with Crippen LogP contribution in [0.4, 0.5) is 0 Å². The normalized spacial score (nSPS) is 11.4. The van der Waals surface area contributed by atoms with Gasteiger partial charge in [-0.3, -0.25) is 0 Å². The number of aliphatic imine (C=N–C) groups is 1. The topological polar surface area (TPSA) is 80.7 Å². The van der Waals surface area contributed by atoms with Crippen molar-refractivity contribution >= 4 is 23.2 Å². The van der Waals surface area contributed by atoms with Crippen LogP contribution in [0.5, 0.6) is 5.75 Å². The smallest absolute Gasteiger partial charge is 0.245 e. The molecule has 0 fully saturated rings. The average Bonchev–Trinajstić information content (AvgIpc) is 2.48. The maximum absolute atomic E-state index is 9.85. The van der Waals surface area contributed by atoms with Crippen LogP contribution in [0.15, 0.2) is 35.8 Å². The number of pyridine rings is 1. The van der Waals surface area contributed by atoms with E-state index in [1.165, 1.54) is 0 Å². The molecule has 0 saturated carbocycles. The number of phenolic OH excluding ortho intramolecular Hbond substituents is 1. The molecular formula is C17H18ClN3O2. The van der Waals surface area contributed by atoms with Crippen LogP contribution in [0.1, 0.15) is 27.9 Å². The second kappa shape index (κ2) is 6.81. The predicted octanol–water partition coefficient (Wildman–Crippen LogP) is 3.67. The maximum atomic E-state index is 9.85. The van der Waals surface area contributed by atoms with Crippen LogP contribution in [-0.4, -0.2) is 16.0 Å². The highest BCUT2D eigenvalue weighted by Crippen LogP contribution is 2.27. The zero-order valence-electron chi connectivity index (χ0n) is 13.2. The molecule has 0 aliphatic carbocycles. The lowest BCUT2D eigenvalue weighted by Crippen LogP contribution is -2.12. The Morgan fingerprint density at radius 2 is 1.78 bits per heavy atom. The van der Waals surface area contributed by atoms with E-state index in [-0.39, 0.29) is 11.6 Å². The Kier molecular flexibility index (Phi) is 5.03. The molecule has 0 radical (unpaired) electrons. The van der Waals surface area contributed by atoms with Gasteiger partial charge in [0.05, 0.1) is 5.70 Å². The van der Waals surface area contributed by atoms with Gasteiger partial charge in [-0.2, -0.15) is 5.90 Å². The van der Waals surface area contributed by atoms with Crippen molar-refractivity contribution in [2.24, 2.45) is 10.9 Å². The lowest BCUT2D eigenvalue weighted by atomic mass is 10.0. The fourth-order valence-corrected chi connectivity index (χ4v) is 2.47. The third kappa shape index (κ3) is 3.88. The number of hydrogen-bond acceptors (Lipinski definition) is 5. The summed E-state index contributed by atoms with van der Waals surface area (Å²) in [5.74, 6) is 5.79. The molecular weight excluding hydrogens is 314 g/mol. The highest BCUT2D eigenvalue weighted by atomic mass is 35.5. The first-order valence-corrected chi connectivity index (χ1v) is 7.29. The van der Waals surface area contributed by atoms with E-state index in [4.69, 9.17) is 22.3 Å². The van der Waals surface area contributed by atoms with E-state index in [1.807, 2.05) is 20.8 Å². The van der Waals surface area contributed by atoms with Crippen LogP contribution in [0, 0.1) is 20.8 Å². The Bertz CT molecular complexity index is 757. The van der Waals surface area contributed by atoms with E-state index in [2.05, 4.69) is 16.6 Å². The summed E-state index contributed by atoms with van der Waals surface area (Å²) in [6.07, 6.45) is 0.